The number of carbonyl (C=O) groups excluding carboxylic acids is 13. The second-order valence-electron chi connectivity index (χ2n) is 22.9. The highest BCUT2D eigenvalue weighted by atomic mass is 16.3. The highest BCUT2D eigenvalue weighted by molar-refractivity contribution is 5.99. The molecule has 0 aliphatic carbocycles. The maximum absolute atomic E-state index is 14.1. The topological polar surface area (TPSA) is 640 Å². The van der Waals surface area contributed by atoms with Crippen molar-refractivity contribution in [2.75, 3.05) is 52.4 Å². The van der Waals surface area contributed by atoms with Crippen molar-refractivity contribution in [1.82, 2.24) is 63.8 Å². The Labute approximate surface area is 567 Å². The Balaban J connectivity index is 2.18. The second kappa shape index (κ2) is 46.1. The summed E-state index contributed by atoms with van der Waals surface area (Å²) in [5, 5.41) is 50.1. The van der Waals surface area contributed by atoms with Crippen LogP contribution in [0.5, 0.6) is 0 Å². The number of carbonyl (C=O) groups is 13. The zero-order chi connectivity index (χ0) is 73.3. The molecule has 544 valence electrons. The number of hydrogen-bond donors (Lipinski definition) is 22. The molecule has 0 saturated heterocycles. The first-order chi connectivity index (χ1) is 46.5. The number of aliphatic hydroxyl groups is 2. The lowest BCUT2D eigenvalue weighted by Gasteiger charge is -2.26. The molecule has 2 aromatic rings. The normalized spacial score (nSPS) is 14.2. The van der Waals surface area contributed by atoms with Gasteiger partial charge in [-0.15, -0.1) is 0 Å². The number of hydrogen-bond acceptors (Lipinski definition) is 20. The largest absolute Gasteiger partial charge is 0.394 e. The monoisotopic (exact) mass is 1380 g/mol. The molecule has 0 unspecified atom stereocenters. The van der Waals surface area contributed by atoms with Crippen molar-refractivity contribution in [2.45, 2.75) is 164 Å². The van der Waals surface area contributed by atoms with Gasteiger partial charge in [0, 0.05) is 19.5 Å². The quantitative estimate of drug-likeness (QED) is 0.0166. The van der Waals surface area contributed by atoms with Crippen molar-refractivity contribution >= 4 is 88.7 Å². The molecule has 37 nitrogen and oxygen atoms in total. The minimum absolute atomic E-state index is 0.0249. The van der Waals surface area contributed by atoms with Crippen LogP contribution in [0.1, 0.15) is 96.1 Å². The smallest absolute Gasteiger partial charge is 0.245 e. The number of aliphatic hydroxyl groups excluding tert-OH is 2. The molecule has 13 amide bonds. The molecule has 2 aromatic carbocycles. The Hall–Kier alpha value is -10.1. The van der Waals surface area contributed by atoms with E-state index in [2.05, 4.69) is 73.8 Å². The van der Waals surface area contributed by atoms with Crippen molar-refractivity contribution in [3.8, 4) is 0 Å². The average Bonchev–Trinajstić information content (AvgIpc) is 0.887. The fraction of sp³-hybridized carbons (Fsp3) is 0.557. The number of amides is 13. The molecule has 37 heteroatoms. The Kier molecular flexibility index (Phi) is 39.5. The van der Waals surface area contributed by atoms with Crippen LogP contribution in [0.15, 0.2) is 70.6 Å². The molecule has 0 radical (unpaired) electrons. The summed E-state index contributed by atoms with van der Waals surface area (Å²) < 4.78 is 0. The highest BCUT2D eigenvalue weighted by Gasteiger charge is 2.34. The second-order valence-corrected chi connectivity index (χ2v) is 22.9. The minimum atomic E-state index is -1.73. The van der Waals surface area contributed by atoms with Crippen LogP contribution in [-0.4, -0.2) is 218 Å². The van der Waals surface area contributed by atoms with Crippen molar-refractivity contribution in [3.63, 3.8) is 0 Å². The van der Waals surface area contributed by atoms with E-state index in [4.69, 9.17) is 45.9 Å². The third kappa shape index (κ3) is 34.0. The van der Waals surface area contributed by atoms with Crippen LogP contribution in [-0.2, 0) is 75.2 Å². The maximum atomic E-state index is 14.1. The molecule has 0 aromatic heterocycles. The Morgan fingerprint density at radius 2 is 0.796 bits per heavy atom. The van der Waals surface area contributed by atoms with Crippen LogP contribution in [0.4, 0.5) is 0 Å². The number of guanidine groups is 2. The number of unbranched alkanes of at least 4 members (excludes halogenated alkanes) is 2. The van der Waals surface area contributed by atoms with Crippen LogP contribution >= 0.6 is 0 Å². The molecule has 98 heavy (non-hydrogen) atoms. The first-order valence-electron chi connectivity index (χ1n) is 32.0. The molecule has 30 N–H and O–H groups in total. The van der Waals surface area contributed by atoms with Gasteiger partial charge in [0.05, 0.1) is 38.4 Å². The van der Waals surface area contributed by atoms with E-state index in [1.54, 1.807) is 60.7 Å². The Bertz CT molecular complexity index is 2990. The van der Waals surface area contributed by atoms with Crippen molar-refractivity contribution in [2.24, 2.45) is 55.9 Å². The van der Waals surface area contributed by atoms with E-state index in [0.717, 1.165) is 5.56 Å². The Morgan fingerprint density at radius 3 is 1.27 bits per heavy atom. The summed E-state index contributed by atoms with van der Waals surface area (Å²) in [6, 6.07) is 3.43. The molecule has 0 saturated carbocycles. The zero-order valence-electron chi connectivity index (χ0n) is 55.5. The molecule has 0 aliphatic heterocycles. The van der Waals surface area contributed by atoms with E-state index < -0.39 is 170 Å². The molecule has 2 rings (SSSR count). The molecular formula is C61H100N22O15. The summed E-state index contributed by atoms with van der Waals surface area (Å²) in [7, 11) is 0. The van der Waals surface area contributed by atoms with Crippen LogP contribution in [0, 0.1) is 0 Å². The van der Waals surface area contributed by atoms with Gasteiger partial charge in [-0.05, 0) is 116 Å². The third-order valence-corrected chi connectivity index (χ3v) is 14.6. The minimum Gasteiger partial charge on any atom is -0.394 e. The number of benzene rings is 2. The van der Waals surface area contributed by atoms with Gasteiger partial charge in [0.1, 0.15) is 54.4 Å². The predicted molar refractivity (Wildman–Crippen MR) is 360 cm³/mol. The first-order valence-corrected chi connectivity index (χ1v) is 32.0. The van der Waals surface area contributed by atoms with Gasteiger partial charge in [-0.3, -0.25) is 72.3 Å². The molecular weight excluding hydrogens is 1280 g/mol. The summed E-state index contributed by atoms with van der Waals surface area (Å²) in [6.45, 7) is 1.22. The van der Waals surface area contributed by atoms with Gasteiger partial charge in [0.2, 0.25) is 76.8 Å². The van der Waals surface area contributed by atoms with Gasteiger partial charge in [-0.2, -0.15) is 0 Å². The number of nitrogens with zero attached hydrogens (tertiary/aromatic N) is 2. The molecule has 0 aliphatic rings. The number of primary amides is 1. The third-order valence-electron chi connectivity index (χ3n) is 14.6. The molecule has 0 spiro atoms. The fourth-order valence-corrected chi connectivity index (χ4v) is 9.17. The summed E-state index contributed by atoms with van der Waals surface area (Å²) in [5.41, 5.74) is 46.0. The summed E-state index contributed by atoms with van der Waals surface area (Å²) in [6.07, 6.45) is 0.241. The Morgan fingerprint density at radius 1 is 0.408 bits per heavy atom. The zero-order valence-corrected chi connectivity index (χ0v) is 55.5. The molecule has 11 atom stereocenters. The van der Waals surface area contributed by atoms with Gasteiger partial charge in [0.25, 0.3) is 0 Å². The summed E-state index contributed by atoms with van der Waals surface area (Å²) >= 11 is 0. The van der Waals surface area contributed by atoms with E-state index in [0.29, 0.717) is 31.4 Å². The van der Waals surface area contributed by atoms with Gasteiger partial charge in [-0.1, -0.05) is 60.7 Å². The first kappa shape index (κ1) is 84.0. The lowest BCUT2D eigenvalue weighted by atomic mass is 10.0. The van der Waals surface area contributed by atoms with Gasteiger partial charge in [-0.25, -0.2) is 0 Å². The van der Waals surface area contributed by atoms with Gasteiger partial charge < -0.3 is 120 Å². The van der Waals surface area contributed by atoms with Gasteiger partial charge in [0.15, 0.2) is 11.9 Å². The molecule has 0 fully saturated rings. The van der Waals surface area contributed by atoms with Crippen LogP contribution in [0.2, 0.25) is 0 Å². The van der Waals surface area contributed by atoms with Crippen LogP contribution < -0.4 is 110 Å². The van der Waals surface area contributed by atoms with Crippen molar-refractivity contribution in [1.29, 1.82) is 0 Å². The van der Waals surface area contributed by atoms with E-state index >= 15 is 0 Å². The summed E-state index contributed by atoms with van der Waals surface area (Å²) in [5.74, 6) is -12.1. The van der Waals surface area contributed by atoms with Crippen molar-refractivity contribution < 1.29 is 72.5 Å². The molecule has 0 bridgehead atoms. The van der Waals surface area contributed by atoms with E-state index in [-0.39, 0.29) is 89.3 Å². The fourth-order valence-electron chi connectivity index (χ4n) is 9.17. The van der Waals surface area contributed by atoms with Crippen LogP contribution in [0.3, 0.4) is 0 Å². The number of rotatable bonds is 47. The van der Waals surface area contributed by atoms with Crippen molar-refractivity contribution in [3.05, 3.63) is 71.8 Å². The SMILES string of the molecule is C[C@H](NC(=O)CNC(=O)[C@@H](NC(=O)[C@H](Cc1ccccc1)NC(=O)CNC(=O)CNC(=O)[C@@H](N)Cc1ccccc1)[C@@H](C)O)C(=O)N[C@@H](CCCN=C(N)N)C(=O)N[C@H](CCCCN)C(=O)N[C@@H](CO)C(=O)N[C@@H](C)C(=O)N[C@@H](CCCN=C(N)N)C(=O)N[C@@H](CCCCN)C(N)=O. The number of nitrogens with two attached hydrogens (primary N) is 8. The van der Waals surface area contributed by atoms with Gasteiger partial charge >= 0.3 is 0 Å². The maximum Gasteiger partial charge on any atom is 0.245 e. The highest BCUT2D eigenvalue weighted by Crippen LogP contribution is 2.10. The summed E-state index contributed by atoms with van der Waals surface area (Å²) in [4.78, 5) is 181. The number of nitrogens with one attached hydrogen (secondary N) is 12. The lowest BCUT2D eigenvalue weighted by molar-refractivity contribution is -0.136. The van der Waals surface area contributed by atoms with E-state index in [1.807, 2.05) is 0 Å². The number of aliphatic imine (C=N–C) groups is 2. The van der Waals surface area contributed by atoms with Crippen LogP contribution in [0.25, 0.3) is 0 Å². The average molecular weight is 1380 g/mol. The molecule has 0 heterocycles. The predicted octanol–water partition coefficient (Wildman–Crippen LogP) is -9.23. The van der Waals surface area contributed by atoms with E-state index in [9.17, 15) is 72.5 Å². The van der Waals surface area contributed by atoms with E-state index in [1.165, 1.54) is 20.8 Å². The lowest BCUT2D eigenvalue weighted by Crippen LogP contribution is -2.60. The standard InChI is InChI=1S/C61H100N22O15/c1-34(75-47(87)32-74-59(98)49(36(3)85)83-57(96)44(29-38-18-8-5-9-19-38)77-48(88)31-72-46(86)30-73-53(92)39(64)28-37-16-6-4-7-17-37)51(90)79-43(23-15-27-71-61(68)69)55(94)81-41(21-11-13-25-63)56(95)82-45(33-84)58(97)76-35(2)52(91)80-42(22-14-26-70-60(66)67)54(93)78-40(50(65)89)20-10-12-24-62/h4-9,16-19,34-36,39-45,49,84-85H,10-15,20-33,62-64H2,1-3H3,(H2,65,89)(H,72,86)(H,73,92)(H,74,98)(H,75,87)(H,76,97)(H,77,88)(H,78,93)(H,79,90)(H,80,91)(H,81,94)(H,82,95)(H,83,96)(H4,66,67,70)(H4,68,69,71)/t34-,35-,36+,39-,40-,41+,42-,43-,44-,45-,49-/m0/s1.